The highest BCUT2D eigenvalue weighted by Crippen LogP contribution is 2.23. The van der Waals surface area contributed by atoms with Gasteiger partial charge >= 0.3 is 0 Å². The largest absolute Gasteiger partial charge is 0.337 e. The molecular formula is C15H12Cl2N2O3. The van der Waals surface area contributed by atoms with Gasteiger partial charge in [0.05, 0.1) is 15.0 Å². The van der Waals surface area contributed by atoms with Gasteiger partial charge < -0.3 is 4.90 Å². The molecule has 0 saturated heterocycles. The Morgan fingerprint density at radius 3 is 2.32 bits per heavy atom. The third-order valence-corrected chi connectivity index (χ3v) is 3.81. The molecule has 0 atom stereocenters. The number of hydrogen-bond donors (Lipinski definition) is 0. The van der Waals surface area contributed by atoms with Crippen molar-refractivity contribution in [2.45, 2.75) is 6.54 Å². The lowest BCUT2D eigenvalue weighted by molar-refractivity contribution is -0.384. The Kier molecular flexibility index (Phi) is 5.00. The van der Waals surface area contributed by atoms with E-state index in [2.05, 4.69) is 0 Å². The van der Waals surface area contributed by atoms with Crippen LogP contribution >= 0.6 is 23.2 Å². The highest BCUT2D eigenvalue weighted by molar-refractivity contribution is 6.42. The van der Waals surface area contributed by atoms with E-state index in [-0.39, 0.29) is 11.6 Å². The Labute approximate surface area is 137 Å². The summed E-state index contributed by atoms with van der Waals surface area (Å²) in [5, 5.41) is 11.5. The van der Waals surface area contributed by atoms with E-state index in [0.29, 0.717) is 22.2 Å². The van der Waals surface area contributed by atoms with Gasteiger partial charge in [-0.3, -0.25) is 14.9 Å². The summed E-state index contributed by atoms with van der Waals surface area (Å²) in [6.45, 7) is 0.354. The molecular weight excluding hydrogens is 327 g/mol. The van der Waals surface area contributed by atoms with Crippen molar-refractivity contribution in [2.75, 3.05) is 7.05 Å². The van der Waals surface area contributed by atoms with Crippen LogP contribution in [0.2, 0.25) is 10.0 Å². The summed E-state index contributed by atoms with van der Waals surface area (Å²) in [6, 6.07) is 10.6. The smallest absolute Gasteiger partial charge is 0.269 e. The predicted octanol–water partition coefficient (Wildman–Crippen LogP) is 4.17. The number of halogens is 2. The van der Waals surface area contributed by atoms with Crippen molar-refractivity contribution >= 4 is 34.8 Å². The van der Waals surface area contributed by atoms with Gasteiger partial charge in [-0.15, -0.1) is 0 Å². The molecule has 0 radical (unpaired) electrons. The molecule has 5 nitrogen and oxygen atoms in total. The Balaban J connectivity index is 2.11. The standard InChI is InChI=1S/C15H12Cl2N2O3/c1-18(9-10-2-7-13(16)14(17)8-10)15(20)11-3-5-12(6-4-11)19(21)22/h2-8H,9H2,1H3. The van der Waals surface area contributed by atoms with E-state index in [1.54, 1.807) is 25.2 Å². The van der Waals surface area contributed by atoms with Crippen LogP contribution in [0, 0.1) is 10.1 Å². The fourth-order valence-electron chi connectivity index (χ4n) is 1.93. The first-order chi connectivity index (χ1) is 10.4. The van der Waals surface area contributed by atoms with Gasteiger partial charge in [-0.25, -0.2) is 0 Å². The fourth-order valence-corrected chi connectivity index (χ4v) is 2.25. The maximum atomic E-state index is 12.3. The zero-order valence-electron chi connectivity index (χ0n) is 11.6. The number of benzene rings is 2. The van der Waals surface area contributed by atoms with E-state index in [1.807, 2.05) is 0 Å². The summed E-state index contributed by atoms with van der Waals surface area (Å²) in [5.74, 6) is -0.235. The average molecular weight is 339 g/mol. The highest BCUT2D eigenvalue weighted by atomic mass is 35.5. The quantitative estimate of drug-likeness (QED) is 0.620. The molecule has 0 fully saturated rings. The molecule has 0 N–H and O–H groups in total. The Morgan fingerprint density at radius 2 is 1.77 bits per heavy atom. The number of hydrogen-bond acceptors (Lipinski definition) is 3. The number of nitro benzene ring substituents is 1. The van der Waals surface area contributed by atoms with Crippen LogP contribution in [0.4, 0.5) is 5.69 Å². The minimum atomic E-state index is -0.506. The molecule has 0 aliphatic rings. The second kappa shape index (κ2) is 6.77. The van der Waals surface area contributed by atoms with Crippen molar-refractivity contribution in [3.05, 3.63) is 73.8 Å². The van der Waals surface area contributed by atoms with E-state index in [9.17, 15) is 14.9 Å². The first-order valence-electron chi connectivity index (χ1n) is 6.32. The third kappa shape index (κ3) is 3.75. The molecule has 2 aromatic carbocycles. The third-order valence-electron chi connectivity index (χ3n) is 3.08. The number of rotatable bonds is 4. The molecule has 0 bridgehead atoms. The van der Waals surface area contributed by atoms with Crippen LogP contribution in [0.5, 0.6) is 0 Å². The molecule has 2 aromatic rings. The van der Waals surface area contributed by atoms with Crippen LogP contribution in [-0.4, -0.2) is 22.8 Å². The van der Waals surface area contributed by atoms with Gasteiger partial charge in [0, 0.05) is 31.3 Å². The van der Waals surface area contributed by atoms with Crippen LogP contribution < -0.4 is 0 Å². The summed E-state index contributed by atoms with van der Waals surface area (Å²) in [6.07, 6.45) is 0. The SMILES string of the molecule is CN(Cc1ccc(Cl)c(Cl)c1)C(=O)c1ccc([N+](=O)[O-])cc1. The normalized spacial score (nSPS) is 10.3. The molecule has 0 spiro atoms. The van der Waals surface area contributed by atoms with Crippen LogP contribution in [0.15, 0.2) is 42.5 Å². The lowest BCUT2D eigenvalue weighted by atomic mass is 10.1. The van der Waals surface area contributed by atoms with E-state index >= 15 is 0 Å². The molecule has 2 rings (SSSR count). The molecule has 22 heavy (non-hydrogen) atoms. The maximum Gasteiger partial charge on any atom is 0.269 e. The minimum Gasteiger partial charge on any atom is -0.337 e. The molecule has 0 heterocycles. The zero-order chi connectivity index (χ0) is 16.3. The second-order valence-electron chi connectivity index (χ2n) is 4.71. The van der Waals surface area contributed by atoms with Gasteiger partial charge in [-0.05, 0) is 29.8 Å². The van der Waals surface area contributed by atoms with Crippen molar-refractivity contribution in [2.24, 2.45) is 0 Å². The lowest BCUT2D eigenvalue weighted by Crippen LogP contribution is -2.26. The van der Waals surface area contributed by atoms with Gasteiger partial charge in [0.25, 0.3) is 11.6 Å². The predicted molar refractivity (Wildman–Crippen MR) is 85.4 cm³/mol. The summed E-state index contributed by atoms with van der Waals surface area (Å²) in [7, 11) is 1.65. The number of nitro groups is 1. The first kappa shape index (κ1) is 16.3. The van der Waals surface area contributed by atoms with Gasteiger partial charge in [0.1, 0.15) is 0 Å². The Hall–Kier alpha value is -2.11. The number of non-ortho nitro benzene ring substituents is 1. The number of nitrogens with zero attached hydrogens (tertiary/aromatic N) is 2. The monoisotopic (exact) mass is 338 g/mol. The van der Waals surface area contributed by atoms with Crippen molar-refractivity contribution in [3.63, 3.8) is 0 Å². The Bertz CT molecular complexity index is 717. The second-order valence-corrected chi connectivity index (χ2v) is 5.53. The average Bonchev–Trinajstić information content (AvgIpc) is 2.50. The van der Waals surface area contributed by atoms with Gasteiger partial charge in [0.2, 0.25) is 0 Å². The van der Waals surface area contributed by atoms with Crippen molar-refractivity contribution in [3.8, 4) is 0 Å². The molecule has 0 aliphatic heterocycles. The van der Waals surface area contributed by atoms with Crippen LogP contribution in [0.3, 0.4) is 0 Å². The van der Waals surface area contributed by atoms with E-state index in [1.165, 1.54) is 29.2 Å². The Morgan fingerprint density at radius 1 is 1.14 bits per heavy atom. The van der Waals surface area contributed by atoms with Crippen molar-refractivity contribution in [1.29, 1.82) is 0 Å². The summed E-state index contributed by atoms with van der Waals surface area (Å²) < 4.78 is 0. The summed E-state index contributed by atoms with van der Waals surface area (Å²) >= 11 is 11.8. The maximum absolute atomic E-state index is 12.3. The molecule has 0 unspecified atom stereocenters. The first-order valence-corrected chi connectivity index (χ1v) is 7.08. The molecule has 114 valence electrons. The highest BCUT2D eigenvalue weighted by Gasteiger charge is 2.14. The molecule has 0 saturated carbocycles. The van der Waals surface area contributed by atoms with Gasteiger partial charge in [-0.1, -0.05) is 29.3 Å². The molecule has 7 heteroatoms. The molecule has 1 amide bonds. The minimum absolute atomic E-state index is 0.0521. The molecule has 0 aliphatic carbocycles. The van der Waals surface area contributed by atoms with E-state index in [0.717, 1.165) is 5.56 Å². The number of amides is 1. The number of carbonyl (C=O) groups is 1. The van der Waals surface area contributed by atoms with Crippen LogP contribution in [0.25, 0.3) is 0 Å². The van der Waals surface area contributed by atoms with Gasteiger partial charge in [-0.2, -0.15) is 0 Å². The summed E-state index contributed by atoms with van der Waals surface area (Å²) in [5.41, 5.74) is 1.17. The van der Waals surface area contributed by atoms with Crippen LogP contribution in [0.1, 0.15) is 15.9 Å². The fraction of sp³-hybridized carbons (Fsp3) is 0.133. The van der Waals surface area contributed by atoms with Crippen molar-refractivity contribution < 1.29 is 9.72 Å². The summed E-state index contributed by atoms with van der Waals surface area (Å²) in [4.78, 5) is 23.9. The lowest BCUT2D eigenvalue weighted by Gasteiger charge is -2.17. The van der Waals surface area contributed by atoms with Crippen LogP contribution in [-0.2, 0) is 6.54 Å². The van der Waals surface area contributed by atoms with Crippen molar-refractivity contribution in [1.82, 2.24) is 4.90 Å². The van der Waals surface area contributed by atoms with E-state index in [4.69, 9.17) is 23.2 Å². The zero-order valence-corrected chi connectivity index (χ0v) is 13.1. The topological polar surface area (TPSA) is 63.5 Å². The van der Waals surface area contributed by atoms with Gasteiger partial charge in [0.15, 0.2) is 0 Å². The molecule has 0 aromatic heterocycles. The number of carbonyl (C=O) groups excluding carboxylic acids is 1. The van der Waals surface area contributed by atoms with E-state index < -0.39 is 4.92 Å².